The largest absolute Gasteiger partial charge is 0.381 e. The summed E-state index contributed by atoms with van der Waals surface area (Å²) in [5.74, 6) is 0.582. The summed E-state index contributed by atoms with van der Waals surface area (Å²) in [4.78, 5) is 0. The van der Waals surface area contributed by atoms with Gasteiger partial charge in [-0.2, -0.15) is 0 Å². The molecule has 1 aromatic carbocycles. The fourth-order valence-corrected chi connectivity index (χ4v) is 2.44. The van der Waals surface area contributed by atoms with Crippen molar-refractivity contribution in [2.45, 2.75) is 39.5 Å². The predicted octanol–water partition coefficient (Wildman–Crippen LogP) is 4.32. The minimum Gasteiger partial charge on any atom is -0.381 e. The van der Waals surface area contributed by atoms with Crippen molar-refractivity contribution in [3.8, 4) is 0 Å². The zero-order valence-corrected chi connectivity index (χ0v) is 13.6. The number of halogens is 1. The Bertz CT molecular complexity index is 357. The molecule has 2 nitrogen and oxygen atoms in total. The van der Waals surface area contributed by atoms with Crippen LogP contribution in [0.5, 0.6) is 0 Å². The second-order valence-electron chi connectivity index (χ2n) is 5.27. The van der Waals surface area contributed by atoms with Gasteiger partial charge in [0.2, 0.25) is 0 Å². The van der Waals surface area contributed by atoms with Crippen LogP contribution in [0.15, 0.2) is 24.3 Å². The van der Waals surface area contributed by atoms with E-state index in [1.807, 2.05) is 12.1 Å². The fraction of sp³-hybridized carbons (Fsp3) is 0.647. The molecule has 1 N–H and O–H groups in total. The fourth-order valence-electron chi connectivity index (χ4n) is 2.23. The highest BCUT2D eigenvalue weighted by Gasteiger charge is 2.11. The van der Waals surface area contributed by atoms with Crippen molar-refractivity contribution in [1.82, 2.24) is 5.32 Å². The zero-order chi connectivity index (χ0) is 14.6. The number of nitrogens with one attached hydrogen (secondary N) is 1. The Hall–Kier alpha value is -0.570. The first kappa shape index (κ1) is 17.5. The van der Waals surface area contributed by atoms with Crippen molar-refractivity contribution in [2.24, 2.45) is 5.92 Å². The van der Waals surface area contributed by atoms with Crippen molar-refractivity contribution in [3.63, 3.8) is 0 Å². The highest BCUT2D eigenvalue weighted by molar-refractivity contribution is 6.31. The molecule has 1 rings (SSSR count). The lowest BCUT2D eigenvalue weighted by molar-refractivity contribution is 0.120. The molecule has 0 heterocycles. The molecule has 0 bridgehead atoms. The molecule has 0 amide bonds. The van der Waals surface area contributed by atoms with Gasteiger partial charge in [-0.15, -0.1) is 0 Å². The van der Waals surface area contributed by atoms with E-state index in [9.17, 15) is 0 Å². The quantitative estimate of drug-likeness (QED) is 0.614. The first-order chi connectivity index (χ1) is 9.77. The first-order valence-corrected chi connectivity index (χ1v) is 8.17. The van der Waals surface area contributed by atoms with Gasteiger partial charge in [-0.1, -0.05) is 43.6 Å². The molecule has 20 heavy (non-hydrogen) atoms. The zero-order valence-electron chi connectivity index (χ0n) is 12.8. The maximum absolute atomic E-state index is 6.26. The summed E-state index contributed by atoms with van der Waals surface area (Å²) in [6, 6.07) is 8.15. The third-order valence-electron chi connectivity index (χ3n) is 3.35. The first-order valence-electron chi connectivity index (χ1n) is 7.79. The topological polar surface area (TPSA) is 21.3 Å². The summed E-state index contributed by atoms with van der Waals surface area (Å²) in [6.07, 6.45) is 4.36. The molecule has 1 unspecified atom stereocenters. The average Bonchev–Trinajstić information content (AvgIpc) is 2.46. The van der Waals surface area contributed by atoms with Crippen LogP contribution in [0.4, 0.5) is 0 Å². The molecule has 0 spiro atoms. The standard InChI is InChI=1S/C17H28ClNO/c1-3-10-19-14-15(9-12-20-11-4-2)13-16-7-5-6-8-17(16)18/h5-8,15,19H,3-4,9-14H2,1-2H3. The van der Waals surface area contributed by atoms with Gasteiger partial charge >= 0.3 is 0 Å². The van der Waals surface area contributed by atoms with E-state index in [1.165, 1.54) is 12.0 Å². The Labute approximate surface area is 128 Å². The summed E-state index contributed by atoms with van der Waals surface area (Å²) in [6.45, 7) is 8.16. The van der Waals surface area contributed by atoms with Crippen LogP contribution in [0, 0.1) is 5.92 Å². The van der Waals surface area contributed by atoms with E-state index < -0.39 is 0 Å². The van der Waals surface area contributed by atoms with Crippen LogP contribution < -0.4 is 5.32 Å². The van der Waals surface area contributed by atoms with E-state index in [-0.39, 0.29) is 0 Å². The Morgan fingerprint density at radius 1 is 1.15 bits per heavy atom. The van der Waals surface area contributed by atoms with E-state index in [0.717, 1.165) is 50.6 Å². The van der Waals surface area contributed by atoms with Gasteiger partial charge < -0.3 is 10.1 Å². The third kappa shape index (κ3) is 7.28. The molecule has 1 atom stereocenters. The molecule has 0 saturated heterocycles. The molecular weight excluding hydrogens is 270 g/mol. The number of hydrogen-bond acceptors (Lipinski definition) is 2. The molecule has 0 aliphatic carbocycles. The lowest BCUT2D eigenvalue weighted by atomic mass is 9.96. The normalized spacial score (nSPS) is 12.6. The van der Waals surface area contributed by atoms with E-state index in [0.29, 0.717) is 5.92 Å². The van der Waals surface area contributed by atoms with E-state index >= 15 is 0 Å². The summed E-state index contributed by atoms with van der Waals surface area (Å²) < 4.78 is 5.63. The van der Waals surface area contributed by atoms with Crippen molar-refractivity contribution in [2.75, 3.05) is 26.3 Å². The molecule has 0 aromatic heterocycles. The molecule has 1 aromatic rings. The summed E-state index contributed by atoms with van der Waals surface area (Å²) in [5, 5.41) is 4.39. The maximum Gasteiger partial charge on any atom is 0.0469 e. The third-order valence-corrected chi connectivity index (χ3v) is 3.71. The van der Waals surface area contributed by atoms with Gasteiger partial charge in [-0.25, -0.2) is 0 Å². The lowest BCUT2D eigenvalue weighted by Crippen LogP contribution is -2.26. The van der Waals surface area contributed by atoms with Crippen LogP contribution in [-0.4, -0.2) is 26.3 Å². The molecule has 0 fully saturated rings. The second kappa shape index (κ2) is 11.1. The SMILES string of the molecule is CCCNCC(CCOCCC)Cc1ccccc1Cl. The Kier molecular flexibility index (Phi) is 9.73. The van der Waals surface area contributed by atoms with Crippen molar-refractivity contribution < 1.29 is 4.74 Å². The van der Waals surface area contributed by atoms with Gasteiger partial charge in [0, 0.05) is 18.2 Å². The van der Waals surface area contributed by atoms with Crippen LogP contribution >= 0.6 is 11.6 Å². The Morgan fingerprint density at radius 2 is 1.95 bits per heavy atom. The highest BCUT2D eigenvalue weighted by atomic mass is 35.5. The molecule has 0 aliphatic heterocycles. The Balaban J connectivity index is 2.46. The van der Waals surface area contributed by atoms with Crippen molar-refractivity contribution in [3.05, 3.63) is 34.9 Å². The van der Waals surface area contributed by atoms with E-state index in [1.54, 1.807) is 0 Å². The van der Waals surface area contributed by atoms with Crippen molar-refractivity contribution >= 4 is 11.6 Å². The summed E-state index contributed by atoms with van der Waals surface area (Å²) in [5.41, 5.74) is 1.24. The van der Waals surface area contributed by atoms with E-state index in [4.69, 9.17) is 16.3 Å². The number of hydrogen-bond donors (Lipinski definition) is 1. The van der Waals surface area contributed by atoms with Gasteiger partial charge in [-0.05, 0) is 56.3 Å². The van der Waals surface area contributed by atoms with Crippen LogP contribution in [0.3, 0.4) is 0 Å². The van der Waals surface area contributed by atoms with Gasteiger partial charge in [0.25, 0.3) is 0 Å². The minimum absolute atomic E-state index is 0.582. The molecule has 0 radical (unpaired) electrons. The molecule has 3 heteroatoms. The van der Waals surface area contributed by atoms with Crippen LogP contribution in [0.2, 0.25) is 5.02 Å². The molecule has 0 aliphatic rings. The van der Waals surface area contributed by atoms with Gasteiger partial charge in [0.05, 0.1) is 0 Å². The average molecular weight is 298 g/mol. The maximum atomic E-state index is 6.26. The van der Waals surface area contributed by atoms with Gasteiger partial charge in [0.1, 0.15) is 0 Å². The summed E-state index contributed by atoms with van der Waals surface area (Å²) >= 11 is 6.26. The van der Waals surface area contributed by atoms with Gasteiger partial charge in [-0.3, -0.25) is 0 Å². The van der Waals surface area contributed by atoms with Crippen LogP contribution in [0.25, 0.3) is 0 Å². The highest BCUT2D eigenvalue weighted by Crippen LogP contribution is 2.20. The van der Waals surface area contributed by atoms with Crippen molar-refractivity contribution in [1.29, 1.82) is 0 Å². The number of rotatable bonds is 11. The number of ether oxygens (including phenoxy) is 1. The smallest absolute Gasteiger partial charge is 0.0469 e. The van der Waals surface area contributed by atoms with E-state index in [2.05, 4.69) is 31.3 Å². The van der Waals surface area contributed by atoms with Gasteiger partial charge in [0.15, 0.2) is 0 Å². The molecular formula is C17H28ClNO. The Morgan fingerprint density at radius 3 is 2.65 bits per heavy atom. The lowest BCUT2D eigenvalue weighted by Gasteiger charge is -2.18. The number of benzene rings is 1. The minimum atomic E-state index is 0.582. The monoisotopic (exact) mass is 297 g/mol. The molecule has 0 saturated carbocycles. The summed E-state index contributed by atoms with van der Waals surface area (Å²) in [7, 11) is 0. The predicted molar refractivity (Wildman–Crippen MR) is 87.5 cm³/mol. The van der Waals surface area contributed by atoms with Crippen LogP contribution in [-0.2, 0) is 11.2 Å². The van der Waals surface area contributed by atoms with Crippen LogP contribution in [0.1, 0.15) is 38.7 Å². The second-order valence-corrected chi connectivity index (χ2v) is 5.67. The molecule has 114 valence electrons.